The molecular weight excluding hydrogens is 280 g/mol. The Morgan fingerprint density at radius 2 is 1.71 bits per heavy atom. The lowest BCUT2D eigenvalue weighted by molar-refractivity contribution is 0.128. The van der Waals surface area contributed by atoms with Gasteiger partial charge in [0.2, 0.25) is 0 Å². The average molecular weight is 311 g/mol. The predicted octanol–water partition coefficient (Wildman–Crippen LogP) is 4.75. The molecule has 0 fully saturated rings. The quantitative estimate of drug-likeness (QED) is 0.708. The van der Waals surface area contributed by atoms with Gasteiger partial charge in [-0.15, -0.1) is 0 Å². The van der Waals surface area contributed by atoms with Crippen LogP contribution in [0.5, 0.6) is 0 Å². The normalized spacial score (nSPS) is 13.7. The Balaban J connectivity index is 2.75. The van der Waals surface area contributed by atoms with Gasteiger partial charge in [0.15, 0.2) is 0 Å². The first kappa shape index (κ1) is 18.5. The summed E-state index contributed by atoms with van der Waals surface area (Å²) in [5, 5.41) is 4.34. The van der Waals surface area contributed by atoms with Gasteiger partial charge in [-0.25, -0.2) is 0 Å². The van der Waals surface area contributed by atoms with Crippen molar-refractivity contribution in [2.45, 2.75) is 46.6 Å². The van der Waals surface area contributed by atoms with Gasteiger partial charge in [0.25, 0.3) is 0 Å². The summed E-state index contributed by atoms with van der Waals surface area (Å²) in [7, 11) is 2.23. The van der Waals surface area contributed by atoms with Crippen LogP contribution >= 0.6 is 11.6 Å². The van der Waals surface area contributed by atoms with Crippen molar-refractivity contribution in [3.63, 3.8) is 0 Å². The zero-order valence-corrected chi connectivity index (χ0v) is 15.0. The Morgan fingerprint density at radius 3 is 2.19 bits per heavy atom. The second-order valence-electron chi connectivity index (χ2n) is 6.13. The van der Waals surface area contributed by atoms with Crippen molar-refractivity contribution in [1.82, 2.24) is 10.2 Å². The van der Waals surface area contributed by atoms with Gasteiger partial charge >= 0.3 is 0 Å². The Labute approximate surface area is 135 Å². The van der Waals surface area contributed by atoms with Crippen LogP contribution in [0.1, 0.15) is 52.1 Å². The maximum atomic E-state index is 5.98. The van der Waals surface area contributed by atoms with Crippen LogP contribution in [-0.4, -0.2) is 31.6 Å². The molecule has 0 spiro atoms. The van der Waals surface area contributed by atoms with Crippen LogP contribution in [0, 0.1) is 5.41 Å². The summed E-state index contributed by atoms with van der Waals surface area (Å²) in [6.45, 7) is 12.3. The summed E-state index contributed by atoms with van der Waals surface area (Å²) in [5.74, 6) is 0. The van der Waals surface area contributed by atoms with Gasteiger partial charge in [0, 0.05) is 24.2 Å². The van der Waals surface area contributed by atoms with Crippen LogP contribution in [0.25, 0.3) is 0 Å². The fourth-order valence-electron chi connectivity index (χ4n) is 2.83. The van der Waals surface area contributed by atoms with Crippen molar-refractivity contribution in [2.75, 3.05) is 26.7 Å². The number of benzene rings is 1. The number of rotatable bonds is 9. The molecule has 1 aromatic rings. The lowest BCUT2D eigenvalue weighted by atomic mass is 9.81. The zero-order valence-electron chi connectivity index (χ0n) is 14.2. The monoisotopic (exact) mass is 310 g/mol. The summed E-state index contributed by atoms with van der Waals surface area (Å²) in [5.41, 5.74) is 1.68. The van der Waals surface area contributed by atoms with Gasteiger partial charge < -0.3 is 5.32 Å². The molecule has 0 aliphatic carbocycles. The number of nitrogens with one attached hydrogen (secondary N) is 1. The van der Waals surface area contributed by atoms with E-state index < -0.39 is 0 Å². The van der Waals surface area contributed by atoms with Crippen molar-refractivity contribution < 1.29 is 0 Å². The Morgan fingerprint density at radius 1 is 1.14 bits per heavy atom. The molecule has 0 bridgehead atoms. The minimum atomic E-state index is 0.353. The van der Waals surface area contributed by atoms with Crippen LogP contribution in [0.15, 0.2) is 24.3 Å². The standard InChI is InChI=1S/C18H31ClN2/c1-6-18(7-2,13-20-8-3)14-21(5)15(4)16-9-11-17(19)12-10-16/h9-12,15,20H,6-8,13-14H2,1-5H3. The van der Waals surface area contributed by atoms with E-state index in [4.69, 9.17) is 11.6 Å². The molecule has 1 rings (SSSR count). The Hall–Kier alpha value is -0.570. The molecule has 0 aliphatic rings. The molecule has 0 heterocycles. The summed E-state index contributed by atoms with van der Waals surface area (Å²) < 4.78 is 0. The highest BCUT2D eigenvalue weighted by Crippen LogP contribution is 2.30. The first-order valence-electron chi connectivity index (χ1n) is 8.14. The van der Waals surface area contributed by atoms with Crippen LogP contribution in [0.4, 0.5) is 0 Å². The predicted molar refractivity (Wildman–Crippen MR) is 94.1 cm³/mol. The van der Waals surface area contributed by atoms with Gasteiger partial charge in [-0.05, 0) is 56.5 Å². The molecule has 0 amide bonds. The molecule has 0 saturated carbocycles. The number of halogens is 1. The fourth-order valence-corrected chi connectivity index (χ4v) is 2.96. The number of nitrogens with zero attached hydrogens (tertiary/aromatic N) is 1. The molecule has 1 unspecified atom stereocenters. The third-order valence-electron chi connectivity index (χ3n) is 4.85. The lowest BCUT2D eigenvalue weighted by Crippen LogP contribution is -2.43. The SMILES string of the molecule is CCNCC(CC)(CC)CN(C)C(C)c1ccc(Cl)cc1. The molecule has 0 saturated heterocycles. The smallest absolute Gasteiger partial charge is 0.0406 e. The summed E-state index contributed by atoms with van der Waals surface area (Å²) in [6, 6.07) is 8.63. The van der Waals surface area contributed by atoms with E-state index in [9.17, 15) is 0 Å². The van der Waals surface area contributed by atoms with Gasteiger partial charge in [-0.3, -0.25) is 4.90 Å². The van der Waals surface area contributed by atoms with Crippen LogP contribution in [0.3, 0.4) is 0 Å². The number of hydrogen-bond acceptors (Lipinski definition) is 2. The van der Waals surface area contributed by atoms with E-state index in [0.29, 0.717) is 11.5 Å². The van der Waals surface area contributed by atoms with Crippen molar-refractivity contribution in [3.8, 4) is 0 Å². The lowest BCUT2D eigenvalue weighted by Gasteiger charge is -2.38. The van der Waals surface area contributed by atoms with Crippen molar-refractivity contribution in [3.05, 3.63) is 34.9 Å². The third-order valence-corrected chi connectivity index (χ3v) is 5.10. The van der Waals surface area contributed by atoms with Gasteiger partial charge in [0.1, 0.15) is 0 Å². The highest BCUT2D eigenvalue weighted by atomic mass is 35.5. The van der Waals surface area contributed by atoms with E-state index >= 15 is 0 Å². The molecule has 120 valence electrons. The van der Waals surface area contributed by atoms with Gasteiger partial charge in [0.05, 0.1) is 0 Å². The van der Waals surface area contributed by atoms with E-state index in [1.807, 2.05) is 12.1 Å². The highest BCUT2D eigenvalue weighted by molar-refractivity contribution is 6.30. The Kier molecular flexibility index (Phi) is 7.72. The average Bonchev–Trinajstić information content (AvgIpc) is 2.51. The molecule has 3 heteroatoms. The molecule has 2 nitrogen and oxygen atoms in total. The first-order valence-corrected chi connectivity index (χ1v) is 8.52. The van der Waals surface area contributed by atoms with Crippen LogP contribution in [0.2, 0.25) is 5.02 Å². The fraction of sp³-hybridized carbons (Fsp3) is 0.667. The zero-order chi connectivity index (χ0) is 15.9. The second-order valence-corrected chi connectivity index (χ2v) is 6.57. The van der Waals surface area contributed by atoms with Crippen molar-refractivity contribution >= 4 is 11.6 Å². The summed E-state index contributed by atoms with van der Waals surface area (Å²) in [4.78, 5) is 2.47. The minimum Gasteiger partial charge on any atom is -0.316 e. The van der Waals surface area contributed by atoms with Gasteiger partial charge in [-0.1, -0.05) is 44.5 Å². The first-order chi connectivity index (χ1) is 9.98. The van der Waals surface area contributed by atoms with Crippen LogP contribution < -0.4 is 5.32 Å². The minimum absolute atomic E-state index is 0.353. The highest BCUT2D eigenvalue weighted by Gasteiger charge is 2.29. The molecular formula is C18H31ClN2. The maximum Gasteiger partial charge on any atom is 0.0406 e. The van der Waals surface area contributed by atoms with Crippen molar-refractivity contribution in [1.29, 1.82) is 0 Å². The second kappa shape index (κ2) is 8.77. The topological polar surface area (TPSA) is 15.3 Å². The van der Waals surface area contributed by atoms with Gasteiger partial charge in [-0.2, -0.15) is 0 Å². The largest absolute Gasteiger partial charge is 0.316 e. The molecule has 21 heavy (non-hydrogen) atoms. The molecule has 0 aliphatic heterocycles. The third kappa shape index (κ3) is 5.28. The molecule has 0 aromatic heterocycles. The molecule has 1 aromatic carbocycles. The molecule has 1 N–H and O–H groups in total. The van der Waals surface area contributed by atoms with E-state index in [1.165, 1.54) is 18.4 Å². The Bertz CT molecular complexity index is 398. The molecule has 0 radical (unpaired) electrons. The summed E-state index contributed by atoms with van der Waals surface area (Å²) in [6.07, 6.45) is 2.41. The van der Waals surface area contributed by atoms with Crippen molar-refractivity contribution in [2.24, 2.45) is 5.41 Å². The van der Waals surface area contributed by atoms with E-state index in [1.54, 1.807) is 0 Å². The van der Waals surface area contributed by atoms with Crippen LogP contribution in [-0.2, 0) is 0 Å². The number of hydrogen-bond donors (Lipinski definition) is 1. The van der Waals surface area contributed by atoms with E-state index in [0.717, 1.165) is 24.7 Å². The maximum absolute atomic E-state index is 5.98. The van der Waals surface area contributed by atoms with E-state index in [-0.39, 0.29) is 0 Å². The molecule has 1 atom stereocenters. The van der Waals surface area contributed by atoms with E-state index in [2.05, 4.69) is 57.1 Å². The summed E-state index contributed by atoms with van der Waals surface area (Å²) >= 11 is 5.98.